The van der Waals surface area contributed by atoms with Crippen LogP contribution < -0.4 is 10.6 Å². The molecule has 1 aliphatic heterocycles. The van der Waals surface area contributed by atoms with Crippen molar-refractivity contribution in [1.29, 1.82) is 0 Å². The van der Waals surface area contributed by atoms with Crippen molar-refractivity contribution in [2.45, 2.75) is 52.0 Å². The van der Waals surface area contributed by atoms with Gasteiger partial charge in [0.05, 0.1) is 0 Å². The van der Waals surface area contributed by atoms with Crippen LogP contribution in [0.3, 0.4) is 0 Å². The molecule has 0 aliphatic carbocycles. The summed E-state index contributed by atoms with van der Waals surface area (Å²) in [5.41, 5.74) is 0.420. The molecule has 0 aromatic carbocycles. The third-order valence-electron chi connectivity index (χ3n) is 3.08. The standard InChI is InChI=1S/C12H26N2/c1-4-6-12(7-5-8-14-12)10-13-9-11(2)3/h11,13-14H,4-10H2,1-3H3. The number of rotatable bonds is 6. The van der Waals surface area contributed by atoms with Gasteiger partial charge in [-0.15, -0.1) is 0 Å². The van der Waals surface area contributed by atoms with E-state index in [1.807, 2.05) is 0 Å². The van der Waals surface area contributed by atoms with Crippen LogP contribution in [0.15, 0.2) is 0 Å². The third-order valence-corrected chi connectivity index (χ3v) is 3.08. The Hall–Kier alpha value is -0.0800. The van der Waals surface area contributed by atoms with Crippen LogP contribution in [-0.2, 0) is 0 Å². The van der Waals surface area contributed by atoms with Crippen molar-refractivity contribution < 1.29 is 0 Å². The van der Waals surface area contributed by atoms with Gasteiger partial charge in [0.15, 0.2) is 0 Å². The van der Waals surface area contributed by atoms with Gasteiger partial charge in [0, 0.05) is 12.1 Å². The monoisotopic (exact) mass is 198 g/mol. The van der Waals surface area contributed by atoms with Gasteiger partial charge in [-0.2, -0.15) is 0 Å². The largest absolute Gasteiger partial charge is 0.315 e. The summed E-state index contributed by atoms with van der Waals surface area (Å²) in [7, 11) is 0. The van der Waals surface area contributed by atoms with E-state index in [0.29, 0.717) is 5.54 Å². The minimum absolute atomic E-state index is 0.420. The third kappa shape index (κ3) is 3.58. The summed E-state index contributed by atoms with van der Waals surface area (Å²) in [5, 5.41) is 7.27. The molecule has 14 heavy (non-hydrogen) atoms. The van der Waals surface area contributed by atoms with E-state index in [1.165, 1.54) is 32.2 Å². The SMILES string of the molecule is CCCC1(CNCC(C)C)CCCN1. The van der Waals surface area contributed by atoms with Crippen molar-refractivity contribution in [3.63, 3.8) is 0 Å². The molecular formula is C12H26N2. The minimum atomic E-state index is 0.420. The molecule has 0 saturated carbocycles. The van der Waals surface area contributed by atoms with Gasteiger partial charge in [0.2, 0.25) is 0 Å². The summed E-state index contributed by atoms with van der Waals surface area (Å²) in [6.45, 7) is 10.3. The molecule has 0 aromatic heterocycles. The van der Waals surface area contributed by atoms with E-state index in [-0.39, 0.29) is 0 Å². The molecule has 0 spiro atoms. The average Bonchev–Trinajstić information content (AvgIpc) is 2.53. The second kappa shape index (κ2) is 5.72. The van der Waals surface area contributed by atoms with E-state index >= 15 is 0 Å². The van der Waals surface area contributed by atoms with Crippen LogP contribution in [0.25, 0.3) is 0 Å². The zero-order chi connectivity index (χ0) is 10.4. The van der Waals surface area contributed by atoms with Crippen LogP contribution in [-0.4, -0.2) is 25.2 Å². The lowest BCUT2D eigenvalue weighted by Crippen LogP contribution is -2.48. The molecule has 1 rings (SSSR count). The maximum Gasteiger partial charge on any atom is 0.0306 e. The summed E-state index contributed by atoms with van der Waals surface area (Å²) < 4.78 is 0. The Bertz CT molecular complexity index is 148. The first kappa shape index (κ1) is 12.0. The lowest BCUT2D eigenvalue weighted by atomic mass is 9.92. The van der Waals surface area contributed by atoms with Gasteiger partial charge in [-0.3, -0.25) is 0 Å². The molecule has 0 bridgehead atoms. The average molecular weight is 198 g/mol. The predicted octanol–water partition coefficient (Wildman–Crippen LogP) is 2.15. The van der Waals surface area contributed by atoms with E-state index in [1.54, 1.807) is 0 Å². The van der Waals surface area contributed by atoms with E-state index in [4.69, 9.17) is 0 Å². The lowest BCUT2D eigenvalue weighted by Gasteiger charge is -2.30. The molecule has 1 unspecified atom stereocenters. The van der Waals surface area contributed by atoms with E-state index in [0.717, 1.165) is 19.0 Å². The van der Waals surface area contributed by atoms with Gasteiger partial charge in [-0.25, -0.2) is 0 Å². The number of hydrogen-bond acceptors (Lipinski definition) is 2. The second-order valence-corrected chi connectivity index (χ2v) is 5.09. The van der Waals surface area contributed by atoms with Gasteiger partial charge in [0.1, 0.15) is 0 Å². The van der Waals surface area contributed by atoms with Crippen molar-refractivity contribution >= 4 is 0 Å². The maximum atomic E-state index is 3.68. The summed E-state index contributed by atoms with van der Waals surface area (Å²) in [4.78, 5) is 0. The molecule has 2 N–H and O–H groups in total. The van der Waals surface area contributed by atoms with Crippen LogP contribution >= 0.6 is 0 Å². The van der Waals surface area contributed by atoms with Gasteiger partial charge in [0.25, 0.3) is 0 Å². The van der Waals surface area contributed by atoms with Crippen LogP contribution in [0.4, 0.5) is 0 Å². The molecule has 0 amide bonds. The molecule has 1 heterocycles. The Balaban J connectivity index is 2.28. The molecule has 1 fully saturated rings. The Morgan fingerprint density at radius 3 is 2.71 bits per heavy atom. The molecule has 2 nitrogen and oxygen atoms in total. The summed E-state index contributed by atoms with van der Waals surface area (Å²) in [6, 6.07) is 0. The summed E-state index contributed by atoms with van der Waals surface area (Å²) >= 11 is 0. The first-order chi connectivity index (χ1) is 6.68. The van der Waals surface area contributed by atoms with Crippen molar-refractivity contribution in [3.05, 3.63) is 0 Å². The van der Waals surface area contributed by atoms with Crippen molar-refractivity contribution in [1.82, 2.24) is 10.6 Å². The Morgan fingerprint density at radius 1 is 1.43 bits per heavy atom. The smallest absolute Gasteiger partial charge is 0.0306 e. The number of hydrogen-bond donors (Lipinski definition) is 2. The Labute approximate surface area is 88.8 Å². The molecule has 84 valence electrons. The van der Waals surface area contributed by atoms with Gasteiger partial charge >= 0.3 is 0 Å². The van der Waals surface area contributed by atoms with E-state index < -0.39 is 0 Å². The molecule has 1 aliphatic rings. The Morgan fingerprint density at radius 2 is 2.21 bits per heavy atom. The topological polar surface area (TPSA) is 24.1 Å². The van der Waals surface area contributed by atoms with Crippen molar-refractivity contribution in [2.24, 2.45) is 5.92 Å². The normalized spacial score (nSPS) is 27.4. The molecule has 2 heteroatoms. The fourth-order valence-electron chi connectivity index (χ4n) is 2.40. The fraction of sp³-hybridized carbons (Fsp3) is 1.00. The zero-order valence-electron chi connectivity index (χ0n) is 10.0. The van der Waals surface area contributed by atoms with Crippen molar-refractivity contribution in [2.75, 3.05) is 19.6 Å². The predicted molar refractivity (Wildman–Crippen MR) is 62.6 cm³/mol. The number of nitrogens with one attached hydrogen (secondary N) is 2. The first-order valence-corrected chi connectivity index (χ1v) is 6.14. The van der Waals surface area contributed by atoms with E-state index in [9.17, 15) is 0 Å². The molecule has 1 atom stereocenters. The fourth-order valence-corrected chi connectivity index (χ4v) is 2.40. The highest BCUT2D eigenvalue weighted by Gasteiger charge is 2.31. The highest BCUT2D eigenvalue weighted by Crippen LogP contribution is 2.23. The first-order valence-electron chi connectivity index (χ1n) is 6.14. The highest BCUT2D eigenvalue weighted by atomic mass is 15.1. The molecule has 0 aromatic rings. The van der Waals surface area contributed by atoms with Crippen LogP contribution in [0.2, 0.25) is 0 Å². The van der Waals surface area contributed by atoms with Crippen LogP contribution in [0.5, 0.6) is 0 Å². The molecular weight excluding hydrogens is 172 g/mol. The van der Waals surface area contributed by atoms with Gasteiger partial charge in [-0.05, 0) is 38.3 Å². The summed E-state index contributed by atoms with van der Waals surface area (Å²) in [5.74, 6) is 0.759. The van der Waals surface area contributed by atoms with E-state index in [2.05, 4.69) is 31.4 Å². The Kier molecular flexibility index (Phi) is 4.90. The quantitative estimate of drug-likeness (QED) is 0.683. The van der Waals surface area contributed by atoms with Crippen LogP contribution in [0, 0.1) is 5.92 Å². The molecule has 1 saturated heterocycles. The maximum absolute atomic E-state index is 3.68. The zero-order valence-corrected chi connectivity index (χ0v) is 10.0. The highest BCUT2D eigenvalue weighted by molar-refractivity contribution is 4.94. The summed E-state index contributed by atoms with van der Waals surface area (Å²) in [6.07, 6.45) is 5.31. The lowest BCUT2D eigenvalue weighted by molar-refractivity contribution is 0.319. The second-order valence-electron chi connectivity index (χ2n) is 5.09. The minimum Gasteiger partial charge on any atom is -0.315 e. The van der Waals surface area contributed by atoms with Crippen molar-refractivity contribution in [3.8, 4) is 0 Å². The van der Waals surface area contributed by atoms with Gasteiger partial charge < -0.3 is 10.6 Å². The van der Waals surface area contributed by atoms with Gasteiger partial charge in [-0.1, -0.05) is 27.2 Å². The van der Waals surface area contributed by atoms with Crippen LogP contribution in [0.1, 0.15) is 46.5 Å². The molecule has 0 radical (unpaired) electrons.